The van der Waals surface area contributed by atoms with Crippen LogP contribution < -0.4 is 4.74 Å². The number of benzene rings is 1. The largest absolute Gasteiger partial charge is 0.508 e. The van der Waals surface area contributed by atoms with Crippen molar-refractivity contribution in [3.8, 4) is 11.5 Å². The molecule has 3 nitrogen and oxygen atoms in total. The molecule has 3 heteroatoms. The zero-order chi connectivity index (χ0) is 11.8. The first-order chi connectivity index (χ1) is 8.24. The smallest absolute Gasteiger partial charge is 0.126 e. The summed E-state index contributed by atoms with van der Waals surface area (Å²) in [5.74, 6) is 1.17. The van der Waals surface area contributed by atoms with Crippen molar-refractivity contribution in [3.63, 3.8) is 0 Å². The van der Waals surface area contributed by atoms with E-state index >= 15 is 0 Å². The number of aromatic hydroxyl groups is 1. The summed E-state index contributed by atoms with van der Waals surface area (Å²) in [5, 5.41) is 9.50. The Morgan fingerprint density at radius 2 is 2.24 bits per heavy atom. The minimum absolute atomic E-state index is 0.289. The first kappa shape index (κ1) is 10.9. The Labute approximate surface area is 102 Å². The number of fused-ring (bicyclic) bond motifs is 1. The molecule has 2 aliphatic rings. The topological polar surface area (TPSA) is 32.7 Å². The van der Waals surface area contributed by atoms with E-state index in [0.29, 0.717) is 11.8 Å². The third-order valence-electron chi connectivity index (χ3n) is 4.03. The van der Waals surface area contributed by atoms with Crippen LogP contribution in [-0.2, 0) is 6.42 Å². The zero-order valence-corrected chi connectivity index (χ0v) is 10.2. The first-order valence-corrected chi connectivity index (χ1v) is 6.43. The number of rotatable bonds is 1. The Morgan fingerprint density at radius 1 is 1.35 bits per heavy atom. The molecule has 3 rings (SSSR count). The average Bonchev–Trinajstić information content (AvgIpc) is 2.74. The lowest BCUT2D eigenvalue weighted by molar-refractivity contribution is 0.0883. The van der Waals surface area contributed by atoms with E-state index in [-0.39, 0.29) is 6.10 Å². The van der Waals surface area contributed by atoms with Gasteiger partial charge in [-0.15, -0.1) is 0 Å². The molecular weight excluding hydrogens is 214 g/mol. The van der Waals surface area contributed by atoms with Crippen LogP contribution in [0.15, 0.2) is 18.2 Å². The molecule has 0 aliphatic carbocycles. The fraction of sp³-hybridized carbons (Fsp3) is 0.571. The van der Waals surface area contributed by atoms with Crippen molar-refractivity contribution in [2.24, 2.45) is 0 Å². The molecule has 1 saturated heterocycles. The molecule has 92 valence electrons. The van der Waals surface area contributed by atoms with Crippen LogP contribution in [-0.4, -0.2) is 35.7 Å². The van der Waals surface area contributed by atoms with Crippen molar-refractivity contribution in [1.29, 1.82) is 0 Å². The number of phenols is 1. The molecule has 17 heavy (non-hydrogen) atoms. The van der Waals surface area contributed by atoms with Crippen molar-refractivity contribution in [3.05, 3.63) is 23.8 Å². The Kier molecular flexibility index (Phi) is 2.71. The monoisotopic (exact) mass is 233 g/mol. The van der Waals surface area contributed by atoms with Crippen LogP contribution in [0.3, 0.4) is 0 Å². The molecule has 2 heterocycles. The van der Waals surface area contributed by atoms with Crippen LogP contribution in [0.2, 0.25) is 0 Å². The zero-order valence-electron chi connectivity index (χ0n) is 10.2. The first-order valence-electron chi connectivity index (χ1n) is 6.43. The Hall–Kier alpha value is -1.22. The minimum atomic E-state index is 0.289. The van der Waals surface area contributed by atoms with Gasteiger partial charge < -0.3 is 9.84 Å². The number of ether oxygens (including phenoxy) is 1. The molecule has 1 aromatic rings. The van der Waals surface area contributed by atoms with Crippen LogP contribution in [0.4, 0.5) is 0 Å². The van der Waals surface area contributed by atoms with Crippen LogP contribution >= 0.6 is 0 Å². The third-order valence-corrected chi connectivity index (χ3v) is 4.03. The molecule has 1 N–H and O–H groups in total. The molecule has 0 amide bonds. The number of aryl methyl sites for hydroxylation is 1. The van der Waals surface area contributed by atoms with E-state index < -0.39 is 0 Å². The molecule has 0 spiro atoms. The molecule has 0 aromatic heterocycles. The fourth-order valence-corrected chi connectivity index (χ4v) is 3.06. The summed E-state index contributed by atoms with van der Waals surface area (Å²) in [6.45, 7) is 1.18. The van der Waals surface area contributed by atoms with Crippen molar-refractivity contribution in [1.82, 2.24) is 4.90 Å². The molecule has 1 fully saturated rings. The molecule has 2 aliphatic heterocycles. The number of nitrogens with zero attached hydrogens (tertiary/aromatic N) is 1. The van der Waals surface area contributed by atoms with Gasteiger partial charge in [-0.3, -0.25) is 4.90 Å². The standard InChI is InChI=1S/C14H19NO2/c1-15-8-2-3-12(15)13-7-5-10-4-6-11(16)9-14(10)17-13/h4,6,9,12-13,16H,2-3,5,7-8H2,1H3/t12-,13+/m0/s1. The molecule has 1 aromatic carbocycles. The summed E-state index contributed by atoms with van der Waals surface area (Å²) in [4.78, 5) is 2.40. The summed E-state index contributed by atoms with van der Waals surface area (Å²) in [7, 11) is 2.18. The van der Waals surface area contributed by atoms with Gasteiger partial charge in [0.25, 0.3) is 0 Å². The van der Waals surface area contributed by atoms with E-state index in [1.54, 1.807) is 12.1 Å². The molecule has 0 saturated carbocycles. The SMILES string of the molecule is CN1CCC[C@H]1[C@H]1CCc2ccc(O)cc2O1. The second-order valence-electron chi connectivity index (χ2n) is 5.18. The van der Waals surface area contributed by atoms with Crippen molar-refractivity contribution in [2.75, 3.05) is 13.6 Å². The second kappa shape index (κ2) is 4.22. The number of hydrogen-bond acceptors (Lipinski definition) is 3. The van der Waals surface area contributed by atoms with E-state index in [4.69, 9.17) is 4.74 Å². The average molecular weight is 233 g/mol. The van der Waals surface area contributed by atoms with Gasteiger partial charge in [-0.1, -0.05) is 6.07 Å². The van der Waals surface area contributed by atoms with Gasteiger partial charge in [-0.25, -0.2) is 0 Å². The van der Waals surface area contributed by atoms with E-state index in [9.17, 15) is 5.11 Å². The van der Waals surface area contributed by atoms with Crippen molar-refractivity contribution < 1.29 is 9.84 Å². The third kappa shape index (κ3) is 2.00. The maximum atomic E-state index is 9.50. The summed E-state index contributed by atoms with van der Waals surface area (Å²) < 4.78 is 6.07. The van der Waals surface area contributed by atoms with Gasteiger partial charge in [0.05, 0.1) is 0 Å². The van der Waals surface area contributed by atoms with Gasteiger partial charge >= 0.3 is 0 Å². The van der Waals surface area contributed by atoms with Crippen LogP contribution in [0.25, 0.3) is 0 Å². The highest BCUT2D eigenvalue weighted by Crippen LogP contribution is 2.34. The summed E-state index contributed by atoms with van der Waals surface area (Å²) >= 11 is 0. The van der Waals surface area contributed by atoms with E-state index in [1.807, 2.05) is 6.07 Å². The molecule has 0 unspecified atom stereocenters. The van der Waals surface area contributed by atoms with Gasteiger partial charge in [0, 0.05) is 12.1 Å². The second-order valence-corrected chi connectivity index (χ2v) is 5.18. The highest BCUT2D eigenvalue weighted by Gasteiger charge is 2.33. The molecule has 0 bridgehead atoms. The van der Waals surface area contributed by atoms with Crippen LogP contribution in [0, 0.1) is 0 Å². The molecular formula is C14H19NO2. The van der Waals surface area contributed by atoms with E-state index in [2.05, 4.69) is 11.9 Å². The minimum Gasteiger partial charge on any atom is -0.508 e. The summed E-state index contributed by atoms with van der Waals surface area (Å²) in [5.41, 5.74) is 1.22. The molecule has 2 atom stereocenters. The number of likely N-dealkylation sites (N-methyl/N-ethyl adjacent to an activating group) is 1. The Morgan fingerprint density at radius 3 is 3.00 bits per heavy atom. The van der Waals surface area contributed by atoms with Gasteiger partial charge in [0.1, 0.15) is 17.6 Å². The van der Waals surface area contributed by atoms with Gasteiger partial charge in [-0.05, 0) is 50.9 Å². The number of hydrogen-bond donors (Lipinski definition) is 1. The lowest BCUT2D eigenvalue weighted by atomic mass is 9.96. The van der Waals surface area contributed by atoms with E-state index in [1.165, 1.54) is 24.9 Å². The predicted octanol–water partition coefficient (Wildman–Crippen LogP) is 2.18. The quantitative estimate of drug-likeness (QED) is 0.807. The Bertz CT molecular complexity index is 419. The van der Waals surface area contributed by atoms with Crippen LogP contribution in [0.5, 0.6) is 11.5 Å². The van der Waals surface area contributed by atoms with Gasteiger partial charge in [-0.2, -0.15) is 0 Å². The normalized spacial score (nSPS) is 28.8. The summed E-state index contributed by atoms with van der Waals surface area (Å²) in [6.07, 6.45) is 4.94. The number of likely N-dealkylation sites (tertiary alicyclic amines) is 1. The maximum Gasteiger partial charge on any atom is 0.126 e. The van der Waals surface area contributed by atoms with E-state index in [0.717, 1.165) is 18.6 Å². The van der Waals surface area contributed by atoms with Crippen molar-refractivity contribution in [2.45, 2.75) is 37.8 Å². The highest BCUT2D eigenvalue weighted by atomic mass is 16.5. The van der Waals surface area contributed by atoms with Gasteiger partial charge in [0.15, 0.2) is 0 Å². The molecule has 0 radical (unpaired) electrons. The predicted molar refractivity (Wildman–Crippen MR) is 66.5 cm³/mol. The number of phenolic OH excluding ortho intramolecular Hbond substituents is 1. The summed E-state index contributed by atoms with van der Waals surface area (Å²) in [6, 6.07) is 6.00. The fourth-order valence-electron chi connectivity index (χ4n) is 3.06. The maximum absolute atomic E-state index is 9.50. The highest BCUT2D eigenvalue weighted by molar-refractivity contribution is 5.41. The van der Waals surface area contributed by atoms with Crippen molar-refractivity contribution >= 4 is 0 Å². The lowest BCUT2D eigenvalue weighted by Gasteiger charge is -2.33. The lowest BCUT2D eigenvalue weighted by Crippen LogP contribution is -2.41. The Balaban J connectivity index is 1.80. The van der Waals surface area contributed by atoms with Crippen LogP contribution in [0.1, 0.15) is 24.8 Å². The van der Waals surface area contributed by atoms with Gasteiger partial charge in [0.2, 0.25) is 0 Å².